The molecule has 11 heavy (non-hydrogen) atoms. The molecule has 0 saturated heterocycles. The van der Waals surface area contributed by atoms with Crippen LogP contribution in [0.4, 0.5) is 5.82 Å². The summed E-state index contributed by atoms with van der Waals surface area (Å²) in [5.41, 5.74) is 7.98. The highest BCUT2D eigenvalue weighted by atomic mass is 32.1. The molecule has 2 N–H and O–H groups in total. The molecule has 2 aromatic rings. The van der Waals surface area contributed by atoms with Gasteiger partial charge in [0, 0.05) is 0 Å². The fraction of sp³-hybridized carbons (Fsp3) is 0.167. The van der Waals surface area contributed by atoms with Gasteiger partial charge in [0.2, 0.25) is 0 Å². The zero-order valence-corrected chi connectivity index (χ0v) is 6.72. The van der Waals surface area contributed by atoms with Gasteiger partial charge in [-0.05, 0) is 18.6 Å². The first-order chi connectivity index (χ1) is 5.27. The molecule has 0 atom stereocenters. The van der Waals surface area contributed by atoms with Crippen LogP contribution >= 0.6 is 11.7 Å². The third-order valence-corrected chi connectivity index (χ3v) is 2.01. The van der Waals surface area contributed by atoms with E-state index in [4.69, 9.17) is 5.73 Å². The number of hydrogen-bond acceptors (Lipinski definition) is 5. The maximum Gasteiger partial charge on any atom is 0.195 e. The summed E-state index contributed by atoms with van der Waals surface area (Å²) in [6, 6.07) is 1.89. The minimum atomic E-state index is 0.533. The second-order valence-electron chi connectivity index (χ2n) is 2.30. The van der Waals surface area contributed by atoms with E-state index in [0.29, 0.717) is 11.5 Å². The molecular formula is C6H6N4S. The van der Waals surface area contributed by atoms with Crippen molar-refractivity contribution in [1.82, 2.24) is 13.7 Å². The molecule has 2 aromatic heterocycles. The van der Waals surface area contributed by atoms with Crippen molar-refractivity contribution in [3.8, 4) is 0 Å². The Balaban J connectivity index is 2.86. The fourth-order valence-electron chi connectivity index (χ4n) is 0.841. The van der Waals surface area contributed by atoms with Crippen molar-refractivity contribution in [3.05, 3.63) is 11.6 Å². The molecular weight excluding hydrogens is 160 g/mol. The van der Waals surface area contributed by atoms with E-state index in [-0.39, 0.29) is 0 Å². The molecule has 0 aliphatic heterocycles. The van der Waals surface area contributed by atoms with E-state index in [2.05, 4.69) is 13.7 Å². The zero-order valence-electron chi connectivity index (χ0n) is 5.90. The molecule has 0 radical (unpaired) electrons. The van der Waals surface area contributed by atoms with E-state index in [1.807, 2.05) is 13.0 Å². The fourth-order valence-corrected chi connectivity index (χ4v) is 1.32. The van der Waals surface area contributed by atoms with Crippen LogP contribution in [-0.2, 0) is 0 Å². The average Bonchev–Trinajstić information content (AvgIpc) is 2.36. The normalized spacial score (nSPS) is 10.6. The number of nitrogens with two attached hydrogens (primary N) is 1. The minimum Gasteiger partial charge on any atom is -0.383 e. The number of pyridine rings is 1. The van der Waals surface area contributed by atoms with Gasteiger partial charge in [-0.1, -0.05) is 0 Å². The van der Waals surface area contributed by atoms with Crippen LogP contribution in [0.15, 0.2) is 6.07 Å². The monoisotopic (exact) mass is 166 g/mol. The van der Waals surface area contributed by atoms with Crippen molar-refractivity contribution in [2.75, 3.05) is 5.73 Å². The molecule has 0 unspecified atom stereocenters. The summed E-state index contributed by atoms with van der Waals surface area (Å²) in [6.45, 7) is 1.90. The Morgan fingerprint density at radius 3 is 3.09 bits per heavy atom. The first-order valence-electron chi connectivity index (χ1n) is 3.13. The topological polar surface area (TPSA) is 64.7 Å². The van der Waals surface area contributed by atoms with E-state index in [1.165, 1.54) is 0 Å². The minimum absolute atomic E-state index is 0.533. The number of nitrogen functional groups attached to an aromatic ring is 1. The number of fused-ring (bicyclic) bond motifs is 1. The lowest BCUT2D eigenvalue weighted by atomic mass is 10.3. The number of anilines is 1. The SMILES string of the molecule is Cc1cc2nsnc2nc1N. The van der Waals surface area contributed by atoms with Crippen LogP contribution in [0.25, 0.3) is 11.2 Å². The summed E-state index contributed by atoms with van der Waals surface area (Å²) in [5.74, 6) is 0.533. The van der Waals surface area contributed by atoms with Gasteiger partial charge in [-0.2, -0.15) is 8.75 Å². The Hall–Kier alpha value is -1.23. The Morgan fingerprint density at radius 2 is 2.27 bits per heavy atom. The highest BCUT2D eigenvalue weighted by Crippen LogP contribution is 2.14. The van der Waals surface area contributed by atoms with Gasteiger partial charge in [0.05, 0.1) is 11.7 Å². The van der Waals surface area contributed by atoms with E-state index in [0.717, 1.165) is 22.8 Å². The Bertz CT molecular complexity index is 358. The second kappa shape index (κ2) is 2.13. The molecule has 2 heterocycles. The van der Waals surface area contributed by atoms with Gasteiger partial charge in [-0.3, -0.25) is 0 Å². The van der Waals surface area contributed by atoms with Crippen LogP contribution in [0, 0.1) is 6.92 Å². The van der Waals surface area contributed by atoms with Crippen LogP contribution in [0.2, 0.25) is 0 Å². The van der Waals surface area contributed by atoms with Crippen molar-refractivity contribution in [2.24, 2.45) is 0 Å². The Labute approximate surface area is 67.4 Å². The number of rotatable bonds is 0. The molecule has 0 saturated carbocycles. The summed E-state index contributed by atoms with van der Waals surface area (Å²) < 4.78 is 7.99. The summed E-state index contributed by atoms with van der Waals surface area (Å²) in [5, 5.41) is 0. The Morgan fingerprint density at radius 1 is 1.45 bits per heavy atom. The van der Waals surface area contributed by atoms with Gasteiger partial charge in [0.25, 0.3) is 0 Å². The summed E-state index contributed by atoms with van der Waals surface area (Å²) in [7, 11) is 0. The van der Waals surface area contributed by atoms with Gasteiger partial charge >= 0.3 is 0 Å². The van der Waals surface area contributed by atoms with E-state index < -0.39 is 0 Å². The first-order valence-corrected chi connectivity index (χ1v) is 3.86. The van der Waals surface area contributed by atoms with Crippen LogP contribution in [0.1, 0.15) is 5.56 Å². The van der Waals surface area contributed by atoms with E-state index in [9.17, 15) is 0 Å². The molecule has 0 aliphatic carbocycles. The van der Waals surface area contributed by atoms with Gasteiger partial charge in [-0.25, -0.2) is 4.98 Å². The van der Waals surface area contributed by atoms with E-state index >= 15 is 0 Å². The second-order valence-corrected chi connectivity index (χ2v) is 2.83. The quantitative estimate of drug-likeness (QED) is 0.633. The summed E-state index contributed by atoms with van der Waals surface area (Å²) >= 11 is 1.15. The molecule has 0 amide bonds. The third-order valence-electron chi connectivity index (χ3n) is 1.48. The molecule has 0 spiro atoms. The number of hydrogen-bond donors (Lipinski definition) is 1. The third kappa shape index (κ3) is 0.932. The molecule has 2 rings (SSSR count). The number of aryl methyl sites for hydroxylation is 1. The predicted octanol–water partition coefficient (Wildman–Crippen LogP) is 0.977. The summed E-state index contributed by atoms with van der Waals surface area (Å²) in [6.07, 6.45) is 0. The highest BCUT2D eigenvalue weighted by molar-refractivity contribution is 7.00. The molecule has 0 aliphatic rings. The van der Waals surface area contributed by atoms with Crippen molar-refractivity contribution in [3.63, 3.8) is 0 Å². The first kappa shape index (κ1) is 6.48. The standard InChI is InChI=1S/C6H6N4S/c1-3-2-4-6(8-5(3)7)10-11-9-4/h2H,1H3,(H2,7,8,10). The van der Waals surface area contributed by atoms with Crippen molar-refractivity contribution in [2.45, 2.75) is 6.92 Å². The van der Waals surface area contributed by atoms with Gasteiger partial charge in [0.1, 0.15) is 11.3 Å². The lowest BCUT2D eigenvalue weighted by molar-refractivity contribution is 1.31. The summed E-state index contributed by atoms with van der Waals surface area (Å²) in [4.78, 5) is 4.05. The zero-order chi connectivity index (χ0) is 7.84. The van der Waals surface area contributed by atoms with Gasteiger partial charge in [0.15, 0.2) is 5.65 Å². The van der Waals surface area contributed by atoms with Crippen molar-refractivity contribution >= 4 is 28.7 Å². The van der Waals surface area contributed by atoms with E-state index in [1.54, 1.807) is 0 Å². The Kier molecular flexibility index (Phi) is 1.25. The molecule has 0 aromatic carbocycles. The molecule has 0 fully saturated rings. The number of aromatic nitrogens is 3. The maximum atomic E-state index is 5.57. The smallest absolute Gasteiger partial charge is 0.195 e. The average molecular weight is 166 g/mol. The van der Waals surface area contributed by atoms with Crippen molar-refractivity contribution < 1.29 is 0 Å². The molecule has 4 nitrogen and oxygen atoms in total. The van der Waals surface area contributed by atoms with Crippen LogP contribution in [0.5, 0.6) is 0 Å². The highest BCUT2D eigenvalue weighted by Gasteiger charge is 2.02. The van der Waals surface area contributed by atoms with Crippen LogP contribution in [-0.4, -0.2) is 13.7 Å². The molecule has 0 bridgehead atoms. The van der Waals surface area contributed by atoms with Crippen LogP contribution < -0.4 is 5.73 Å². The lowest BCUT2D eigenvalue weighted by Crippen LogP contribution is -1.93. The molecule has 5 heteroatoms. The number of nitrogens with zero attached hydrogens (tertiary/aromatic N) is 3. The van der Waals surface area contributed by atoms with Crippen LogP contribution in [0.3, 0.4) is 0 Å². The van der Waals surface area contributed by atoms with Gasteiger partial charge in [-0.15, -0.1) is 0 Å². The predicted molar refractivity (Wildman–Crippen MR) is 44.4 cm³/mol. The van der Waals surface area contributed by atoms with Gasteiger partial charge < -0.3 is 5.73 Å². The maximum absolute atomic E-state index is 5.57. The van der Waals surface area contributed by atoms with Crippen molar-refractivity contribution in [1.29, 1.82) is 0 Å². The molecule has 56 valence electrons. The lowest BCUT2D eigenvalue weighted by Gasteiger charge is -1.94. The largest absolute Gasteiger partial charge is 0.383 e.